The third kappa shape index (κ3) is 7.08. The van der Waals surface area contributed by atoms with Crippen LogP contribution in [0.5, 0.6) is 11.5 Å². The maximum Gasteiger partial charge on any atom is 0.277 e. The summed E-state index contributed by atoms with van der Waals surface area (Å²) in [6, 6.07) is 13.8. The molecule has 2 aromatic rings. The van der Waals surface area contributed by atoms with Crippen molar-refractivity contribution in [2.45, 2.75) is 19.3 Å². The molecule has 1 saturated heterocycles. The molecule has 0 aliphatic carbocycles. The summed E-state index contributed by atoms with van der Waals surface area (Å²) >= 11 is 5.80. The number of ether oxygens (including phenoxy) is 2. The number of piperidine rings is 1. The van der Waals surface area contributed by atoms with Crippen molar-refractivity contribution in [2.75, 3.05) is 26.3 Å². The number of halogens is 1. The van der Waals surface area contributed by atoms with Crippen molar-refractivity contribution in [3.63, 3.8) is 0 Å². The Labute approximate surface area is 180 Å². The number of rotatable bonds is 8. The molecule has 1 aliphatic heterocycles. The molecule has 1 fully saturated rings. The van der Waals surface area contributed by atoms with Crippen molar-refractivity contribution >= 4 is 29.6 Å². The van der Waals surface area contributed by atoms with Crippen LogP contribution in [0.15, 0.2) is 53.6 Å². The Hall–Kier alpha value is -3.06. The molecule has 0 bridgehead atoms. The highest BCUT2D eigenvalue weighted by atomic mass is 35.5. The molecule has 30 heavy (non-hydrogen) atoms. The normalized spacial score (nSPS) is 13.8. The van der Waals surface area contributed by atoms with E-state index >= 15 is 0 Å². The highest BCUT2D eigenvalue weighted by Crippen LogP contribution is 2.15. The van der Waals surface area contributed by atoms with Crippen LogP contribution in [0.1, 0.15) is 24.8 Å². The fraction of sp³-hybridized carbons (Fsp3) is 0.318. The van der Waals surface area contributed by atoms with E-state index in [1.165, 1.54) is 12.6 Å². The van der Waals surface area contributed by atoms with Crippen molar-refractivity contribution in [3.8, 4) is 11.5 Å². The molecule has 0 aromatic heterocycles. The monoisotopic (exact) mass is 429 g/mol. The molecule has 8 heteroatoms. The Bertz CT molecular complexity index is 863. The molecule has 158 valence electrons. The summed E-state index contributed by atoms with van der Waals surface area (Å²) < 4.78 is 10.9. The fourth-order valence-electron chi connectivity index (χ4n) is 2.92. The van der Waals surface area contributed by atoms with Gasteiger partial charge in [0.05, 0.1) is 6.21 Å². The van der Waals surface area contributed by atoms with Crippen molar-refractivity contribution in [3.05, 3.63) is 59.1 Å². The van der Waals surface area contributed by atoms with Crippen LogP contribution >= 0.6 is 11.6 Å². The molecule has 2 amide bonds. The summed E-state index contributed by atoms with van der Waals surface area (Å²) in [5.74, 6) is 0.798. The zero-order chi connectivity index (χ0) is 21.2. The minimum absolute atomic E-state index is 0.0175. The molecule has 2 aromatic carbocycles. The van der Waals surface area contributed by atoms with Crippen molar-refractivity contribution in [1.29, 1.82) is 0 Å². The lowest BCUT2D eigenvalue weighted by Gasteiger charge is -2.26. The van der Waals surface area contributed by atoms with Crippen molar-refractivity contribution in [2.24, 2.45) is 5.10 Å². The average molecular weight is 430 g/mol. The molecule has 0 atom stereocenters. The van der Waals surface area contributed by atoms with Gasteiger partial charge in [-0.2, -0.15) is 5.10 Å². The van der Waals surface area contributed by atoms with Gasteiger partial charge >= 0.3 is 0 Å². The molecule has 0 unspecified atom stereocenters. The molecule has 7 nitrogen and oxygen atoms in total. The predicted molar refractivity (Wildman–Crippen MR) is 115 cm³/mol. The van der Waals surface area contributed by atoms with Gasteiger partial charge in [-0.1, -0.05) is 11.6 Å². The number of hydrazone groups is 1. The van der Waals surface area contributed by atoms with Crippen molar-refractivity contribution < 1.29 is 19.1 Å². The summed E-state index contributed by atoms with van der Waals surface area (Å²) in [5, 5.41) is 4.50. The number of likely N-dealkylation sites (tertiary alicyclic amines) is 1. The number of nitrogens with one attached hydrogen (secondary N) is 1. The Morgan fingerprint density at radius 3 is 2.20 bits per heavy atom. The van der Waals surface area contributed by atoms with E-state index < -0.39 is 0 Å². The minimum Gasteiger partial charge on any atom is -0.484 e. The number of amides is 2. The van der Waals surface area contributed by atoms with E-state index in [-0.39, 0.29) is 25.0 Å². The standard InChI is InChI=1S/C22H24ClN3O4/c23-18-6-10-20(11-7-18)29-15-21(27)25-24-14-17-4-8-19(9-5-17)30-16-22(28)26-12-2-1-3-13-26/h4-11,14H,1-3,12-13,15-16H2,(H,25,27)/b24-14-. The smallest absolute Gasteiger partial charge is 0.277 e. The number of hydrogen-bond acceptors (Lipinski definition) is 5. The minimum atomic E-state index is -0.377. The Balaban J connectivity index is 1.37. The molecule has 0 saturated carbocycles. The van der Waals surface area contributed by atoms with Gasteiger partial charge in [-0.3, -0.25) is 9.59 Å². The van der Waals surface area contributed by atoms with Gasteiger partial charge in [0.1, 0.15) is 11.5 Å². The lowest BCUT2D eigenvalue weighted by molar-refractivity contribution is -0.134. The van der Waals surface area contributed by atoms with Gasteiger partial charge in [0.2, 0.25) is 0 Å². The lowest BCUT2D eigenvalue weighted by Crippen LogP contribution is -2.38. The highest BCUT2D eigenvalue weighted by Gasteiger charge is 2.16. The topological polar surface area (TPSA) is 80.2 Å². The van der Waals surface area contributed by atoms with Crippen LogP contribution in [0.4, 0.5) is 0 Å². The summed E-state index contributed by atoms with van der Waals surface area (Å²) in [7, 11) is 0. The number of benzene rings is 2. The second-order valence-corrected chi connectivity index (χ2v) is 7.27. The maximum atomic E-state index is 12.1. The molecular weight excluding hydrogens is 406 g/mol. The fourth-order valence-corrected chi connectivity index (χ4v) is 3.05. The molecule has 0 spiro atoms. The summed E-state index contributed by atoms with van der Waals surface area (Å²) in [5.41, 5.74) is 3.18. The number of hydrogen-bond donors (Lipinski definition) is 1. The van der Waals surface area contributed by atoms with E-state index in [1.54, 1.807) is 48.5 Å². The number of nitrogens with zero attached hydrogens (tertiary/aromatic N) is 2. The summed E-state index contributed by atoms with van der Waals surface area (Å²) in [6.07, 6.45) is 4.82. The first kappa shape index (κ1) is 21.6. The summed E-state index contributed by atoms with van der Waals surface area (Å²) in [6.45, 7) is 1.51. The molecule has 1 aliphatic rings. The highest BCUT2D eigenvalue weighted by molar-refractivity contribution is 6.30. The van der Waals surface area contributed by atoms with Crippen LogP contribution in [-0.2, 0) is 9.59 Å². The second-order valence-electron chi connectivity index (χ2n) is 6.83. The van der Waals surface area contributed by atoms with Crippen LogP contribution in [0.2, 0.25) is 5.02 Å². The van der Waals surface area contributed by atoms with Crippen LogP contribution in [0.3, 0.4) is 0 Å². The zero-order valence-electron chi connectivity index (χ0n) is 16.6. The van der Waals surface area contributed by atoms with Gasteiger partial charge in [-0.05, 0) is 73.4 Å². The van der Waals surface area contributed by atoms with E-state index in [0.717, 1.165) is 31.5 Å². The molecule has 1 heterocycles. The van der Waals surface area contributed by atoms with Crippen LogP contribution in [0.25, 0.3) is 0 Å². The van der Waals surface area contributed by atoms with Crippen LogP contribution in [0, 0.1) is 0 Å². The molecular formula is C22H24ClN3O4. The first-order valence-corrected chi connectivity index (χ1v) is 10.2. The van der Waals surface area contributed by atoms with Crippen molar-refractivity contribution in [1.82, 2.24) is 10.3 Å². The second kappa shape index (κ2) is 11.2. The molecule has 3 rings (SSSR count). The Morgan fingerprint density at radius 2 is 1.53 bits per heavy atom. The molecule has 0 radical (unpaired) electrons. The van der Waals surface area contributed by atoms with Gasteiger partial charge in [-0.25, -0.2) is 5.43 Å². The summed E-state index contributed by atoms with van der Waals surface area (Å²) in [4.78, 5) is 25.8. The quantitative estimate of drug-likeness (QED) is 0.516. The third-order valence-electron chi connectivity index (χ3n) is 4.54. The first-order valence-electron chi connectivity index (χ1n) is 9.81. The van der Waals surface area contributed by atoms with Gasteiger partial charge in [0.25, 0.3) is 11.8 Å². The SMILES string of the molecule is O=C(COc1ccc(Cl)cc1)N/N=C\c1ccc(OCC(=O)N2CCCCC2)cc1. The number of carbonyl (C=O) groups excluding carboxylic acids is 2. The van der Waals surface area contributed by atoms with E-state index in [4.69, 9.17) is 21.1 Å². The van der Waals surface area contributed by atoms with E-state index in [2.05, 4.69) is 10.5 Å². The Morgan fingerprint density at radius 1 is 0.933 bits per heavy atom. The van der Waals surface area contributed by atoms with E-state index in [9.17, 15) is 9.59 Å². The zero-order valence-corrected chi connectivity index (χ0v) is 17.3. The van der Waals surface area contributed by atoms with Crippen LogP contribution in [-0.4, -0.2) is 49.2 Å². The maximum absolute atomic E-state index is 12.1. The third-order valence-corrected chi connectivity index (χ3v) is 4.79. The van der Waals surface area contributed by atoms with Gasteiger partial charge < -0.3 is 14.4 Å². The van der Waals surface area contributed by atoms with Gasteiger partial charge in [-0.15, -0.1) is 0 Å². The van der Waals surface area contributed by atoms with Gasteiger partial charge in [0.15, 0.2) is 13.2 Å². The van der Waals surface area contributed by atoms with Gasteiger partial charge in [0, 0.05) is 18.1 Å². The van der Waals surface area contributed by atoms with E-state index in [1.807, 2.05) is 4.90 Å². The molecule has 1 N–H and O–H groups in total. The number of carbonyl (C=O) groups is 2. The largest absolute Gasteiger partial charge is 0.484 e. The van der Waals surface area contributed by atoms with E-state index in [0.29, 0.717) is 16.5 Å². The predicted octanol–water partition coefficient (Wildman–Crippen LogP) is 3.26. The average Bonchev–Trinajstić information content (AvgIpc) is 2.78. The van der Waals surface area contributed by atoms with Crippen LogP contribution < -0.4 is 14.9 Å². The Kier molecular flexibility index (Phi) is 8.09. The first-order chi connectivity index (χ1) is 14.6. The lowest BCUT2D eigenvalue weighted by atomic mass is 10.1.